The number of amides is 1. The standard InChI is InChI=1S/C29H28N4O3S/c1-35-23-12-13-24-26(18-23)37-29-30-28(21-8-4-2-5-9-21)25(33(24)29)19-31-14-16-32(17-15-31)27(34)20-36-22-10-6-3-7-11-22/h2-13,18H,14-17,19-20H2,1H3. The van der Waals surface area contributed by atoms with Crippen LogP contribution >= 0.6 is 11.3 Å². The zero-order valence-corrected chi connectivity index (χ0v) is 21.5. The van der Waals surface area contributed by atoms with Crippen molar-refractivity contribution in [3.05, 3.63) is 84.6 Å². The van der Waals surface area contributed by atoms with Gasteiger partial charge >= 0.3 is 0 Å². The van der Waals surface area contributed by atoms with Crippen molar-refractivity contribution in [1.82, 2.24) is 19.2 Å². The van der Waals surface area contributed by atoms with Gasteiger partial charge in [0.1, 0.15) is 11.5 Å². The van der Waals surface area contributed by atoms with Crippen molar-refractivity contribution in [2.24, 2.45) is 0 Å². The van der Waals surface area contributed by atoms with E-state index in [-0.39, 0.29) is 12.5 Å². The Labute approximate surface area is 219 Å². The predicted octanol–water partition coefficient (Wildman–Crippen LogP) is 4.95. The second kappa shape index (κ2) is 10.2. The van der Waals surface area contributed by atoms with Crippen molar-refractivity contribution in [2.75, 3.05) is 39.9 Å². The molecule has 0 bridgehead atoms. The molecule has 6 rings (SSSR count). The highest BCUT2D eigenvalue weighted by Gasteiger charge is 2.25. The molecule has 0 saturated carbocycles. The van der Waals surface area contributed by atoms with E-state index in [0.29, 0.717) is 18.8 Å². The Bertz CT molecular complexity index is 1520. The third kappa shape index (κ3) is 4.77. The molecular formula is C29H28N4O3S. The maximum atomic E-state index is 12.7. The van der Waals surface area contributed by atoms with Crippen molar-refractivity contribution in [3.8, 4) is 22.8 Å². The highest BCUT2D eigenvalue weighted by atomic mass is 32.1. The van der Waals surface area contributed by atoms with E-state index in [2.05, 4.69) is 45.7 Å². The van der Waals surface area contributed by atoms with E-state index in [1.54, 1.807) is 18.4 Å². The lowest BCUT2D eigenvalue weighted by atomic mass is 10.1. The molecule has 7 nitrogen and oxygen atoms in total. The summed E-state index contributed by atoms with van der Waals surface area (Å²) in [5, 5.41) is 0. The number of ether oxygens (including phenoxy) is 2. The summed E-state index contributed by atoms with van der Waals surface area (Å²) in [5.41, 5.74) is 4.43. The molecule has 188 valence electrons. The van der Waals surface area contributed by atoms with Gasteiger partial charge in [-0.05, 0) is 30.3 Å². The zero-order valence-electron chi connectivity index (χ0n) is 20.7. The van der Waals surface area contributed by atoms with Crippen LogP contribution in [-0.2, 0) is 11.3 Å². The molecule has 5 aromatic rings. The Balaban J connectivity index is 1.22. The molecule has 0 atom stereocenters. The summed E-state index contributed by atoms with van der Waals surface area (Å²) >= 11 is 1.68. The fourth-order valence-corrected chi connectivity index (χ4v) is 5.90. The first-order chi connectivity index (χ1) is 18.2. The van der Waals surface area contributed by atoms with E-state index < -0.39 is 0 Å². The summed E-state index contributed by atoms with van der Waals surface area (Å²) in [6.45, 7) is 3.78. The lowest BCUT2D eigenvalue weighted by Crippen LogP contribution is -2.49. The molecule has 0 unspecified atom stereocenters. The number of methoxy groups -OCH3 is 1. The van der Waals surface area contributed by atoms with Gasteiger partial charge in [0.25, 0.3) is 5.91 Å². The van der Waals surface area contributed by atoms with Gasteiger partial charge in [0.05, 0.1) is 28.7 Å². The lowest BCUT2D eigenvalue weighted by molar-refractivity contribution is -0.135. The van der Waals surface area contributed by atoms with E-state index in [4.69, 9.17) is 14.5 Å². The molecule has 37 heavy (non-hydrogen) atoms. The minimum Gasteiger partial charge on any atom is -0.497 e. The normalized spacial score (nSPS) is 14.4. The lowest BCUT2D eigenvalue weighted by Gasteiger charge is -2.34. The summed E-state index contributed by atoms with van der Waals surface area (Å²) in [7, 11) is 1.69. The molecule has 0 spiro atoms. The number of imidazole rings is 1. The molecule has 3 heterocycles. The smallest absolute Gasteiger partial charge is 0.260 e. The number of hydrogen-bond donors (Lipinski definition) is 0. The molecule has 1 fully saturated rings. The Kier molecular flexibility index (Phi) is 6.51. The van der Waals surface area contributed by atoms with Gasteiger partial charge in [-0.3, -0.25) is 14.1 Å². The molecular weight excluding hydrogens is 484 g/mol. The Morgan fingerprint density at radius 2 is 1.65 bits per heavy atom. The van der Waals surface area contributed by atoms with Gasteiger partial charge in [-0.1, -0.05) is 59.9 Å². The number of carbonyl (C=O) groups excluding carboxylic acids is 1. The third-order valence-electron chi connectivity index (χ3n) is 6.80. The number of hydrogen-bond acceptors (Lipinski definition) is 6. The van der Waals surface area contributed by atoms with E-state index in [9.17, 15) is 4.79 Å². The van der Waals surface area contributed by atoms with Crippen LogP contribution in [0, 0.1) is 0 Å². The highest BCUT2D eigenvalue weighted by Crippen LogP contribution is 2.35. The molecule has 3 aromatic carbocycles. The molecule has 8 heteroatoms. The minimum absolute atomic E-state index is 0.0259. The number of rotatable bonds is 7. The van der Waals surface area contributed by atoms with E-state index in [0.717, 1.165) is 51.8 Å². The first kappa shape index (κ1) is 23.5. The SMILES string of the molecule is COc1ccc2c(c1)sc1nc(-c3ccccc3)c(CN3CCN(C(=O)COc4ccccc4)CC3)n12. The monoisotopic (exact) mass is 512 g/mol. The van der Waals surface area contributed by atoms with Gasteiger partial charge in [-0.15, -0.1) is 0 Å². The molecule has 0 aliphatic carbocycles. The van der Waals surface area contributed by atoms with E-state index in [1.807, 2.05) is 47.4 Å². The Hall–Kier alpha value is -3.88. The number of thiazole rings is 1. The predicted molar refractivity (Wildman–Crippen MR) is 146 cm³/mol. The molecule has 1 amide bonds. The molecule has 1 saturated heterocycles. The number of fused-ring (bicyclic) bond motifs is 3. The average Bonchev–Trinajstić information content (AvgIpc) is 3.49. The second-order valence-electron chi connectivity index (χ2n) is 9.09. The molecule has 0 N–H and O–H groups in total. The Morgan fingerprint density at radius 3 is 2.38 bits per heavy atom. The van der Waals surface area contributed by atoms with Crippen molar-refractivity contribution >= 4 is 32.4 Å². The number of benzene rings is 3. The van der Waals surface area contributed by atoms with Crippen LogP contribution in [0.25, 0.3) is 26.4 Å². The van der Waals surface area contributed by atoms with Gasteiger partial charge < -0.3 is 14.4 Å². The largest absolute Gasteiger partial charge is 0.497 e. The van der Waals surface area contributed by atoms with Crippen LogP contribution in [0.5, 0.6) is 11.5 Å². The van der Waals surface area contributed by atoms with Crippen LogP contribution in [0.15, 0.2) is 78.9 Å². The van der Waals surface area contributed by atoms with Crippen LogP contribution < -0.4 is 9.47 Å². The maximum Gasteiger partial charge on any atom is 0.260 e. The van der Waals surface area contributed by atoms with E-state index >= 15 is 0 Å². The van der Waals surface area contributed by atoms with Crippen molar-refractivity contribution in [2.45, 2.75) is 6.54 Å². The summed E-state index contributed by atoms with van der Waals surface area (Å²) in [4.78, 5) is 23.1. The minimum atomic E-state index is 0.0259. The van der Waals surface area contributed by atoms with Gasteiger partial charge in [-0.25, -0.2) is 4.98 Å². The average molecular weight is 513 g/mol. The van der Waals surface area contributed by atoms with Gasteiger partial charge in [0.15, 0.2) is 11.6 Å². The summed E-state index contributed by atoms with van der Waals surface area (Å²) in [5.74, 6) is 1.59. The van der Waals surface area contributed by atoms with E-state index in [1.165, 1.54) is 5.69 Å². The topological polar surface area (TPSA) is 59.3 Å². The van der Waals surface area contributed by atoms with Gasteiger partial charge in [0.2, 0.25) is 0 Å². The summed E-state index contributed by atoms with van der Waals surface area (Å²) < 4.78 is 14.5. The van der Waals surface area contributed by atoms with Crippen molar-refractivity contribution in [1.29, 1.82) is 0 Å². The molecule has 1 aliphatic heterocycles. The van der Waals surface area contributed by atoms with Crippen LogP contribution in [0.3, 0.4) is 0 Å². The van der Waals surface area contributed by atoms with Crippen LogP contribution in [-0.4, -0.2) is 65.0 Å². The van der Waals surface area contributed by atoms with Gasteiger partial charge in [0, 0.05) is 38.3 Å². The first-order valence-electron chi connectivity index (χ1n) is 12.4. The second-order valence-corrected chi connectivity index (χ2v) is 10.1. The van der Waals surface area contributed by atoms with Crippen molar-refractivity contribution in [3.63, 3.8) is 0 Å². The van der Waals surface area contributed by atoms with Crippen molar-refractivity contribution < 1.29 is 14.3 Å². The van der Waals surface area contributed by atoms with Crippen LogP contribution in [0.1, 0.15) is 5.69 Å². The van der Waals surface area contributed by atoms with Gasteiger partial charge in [-0.2, -0.15) is 0 Å². The van der Waals surface area contributed by atoms with Crippen LogP contribution in [0.4, 0.5) is 0 Å². The number of carbonyl (C=O) groups is 1. The fourth-order valence-electron chi connectivity index (χ4n) is 4.83. The summed E-state index contributed by atoms with van der Waals surface area (Å²) in [6.07, 6.45) is 0. The number of aromatic nitrogens is 2. The molecule has 0 radical (unpaired) electrons. The first-order valence-corrected chi connectivity index (χ1v) is 13.2. The fraction of sp³-hybridized carbons (Fsp3) is 0.241. The number of piperazine rings is 1. The summed E-state index contributed by atoms with van der Waals surface area (Å²) in [6, 6.07) is 26.0. The maximum absolute atomic E-state index is 12.7. The van der Waals surface area contributed by atoms with Crippen LogP contribution in [0.2, 0.25) is 0 Å². The highest BCUT2D eigenvalue weighted by molar-refractivity contribution is 7.23. The number of para-hydroxylation sites is 1. The Morgan fingerprint density at radius 1 is 0.919 bits per heavy atom. The zero-order chi connectivity index (χ0) is 25.2. The molecule has 2 aromatic heterocycles. The molecule has 1 aliphatic rings. The number of nitrogens with zero attached hydrogens (tertiary/aromatic N) is 4. The third-order valence-corrected chi connectivity index (χ3v) is 7.81. The quantitative estimate of drug-likeness (QED) is 0.309.